The Morgan fingerprint density at radius 2 is 2.17 bits per heavy atom. The van der Waals surface area contributed by atoms with Gasteiger partial charge in [-0.2, -0.15) is 0 Å². The Bertz CT molecular complexity index is 607. The first-order chi connectivity index (χ1) is 11.1. The van der Waals surface area contributed by atoms with Crippen molar-refractivity contribution in [1.29, 1.82) is 0 Å². The van der Waals surface area contributed by atoms with Gasteiger partial charge in [0.2, 0.25) is 11.8 Å². The van der Waals surface area contributed by atoms with Crippen LogP contribution in [0.1, 0.15) is 24.8 Å². The first-order valence-corrected chi connectivity index (χ1v) is 8.01. The molecule has 2 aliphatic rings. The second-order valence-corrected chi connectivity index (χ2v) is 6.30. The lowest BCUT2D eigenvalue weighted by atomic mass is 9.89. The van der Waals surface area contributed by atoms with Gasteiger partial charge in [0.15, 0.2) is 0 Å². The molecule has 1 fully saturated rings. The minimum atomic E-state index is -1.07. The van der Waals surface area contributed by atoms with Crippen molar-refractivity contribution in [1.82, 2.24) is 4.90 Å². The van der Waals surface area contributed by atoms with Crippen LogP contribution in [0, 0.1) is 5.92 Å². The predicted octanol–water partition coefficient (Wildman–Crippen LogP) is 1.51. The zero-order valence-corrected chi connectivity index (χ0v) is 12.9. The topological polar surface area (TPSA) is 69.6 Å². The van der Waals surface area contributed by atoms with E-state index in [9.17, 15) is 19.1 Å². The Labute approximate surface area is 134 Å². The molecule has 2 amide bonds. The number of nitrogens with one attached hydrogen (secondary N) is 1. The molecule has 6 heteroatoms. The maximum atomic E-state index is 13.4. The van der Waals surface area contributed by atoms with E-state index in [1.165, 1.54) is 4.90 Å². The van der Waals surface area contributed by atoms with E-state index in [-0.39, 0.29) is 43.7 Å². The van der Waals surface area contributed by atoms with Crippen LogP contribution in [0.25, 0.3) is 0 Å². The van der Waals surface area contributed by atoms with E-state index >= 15 is 0 Å². The fourth-order valence-corrected chi connectivity index (χ4v) is 3.43. The molecular formula is C17H21FN2O3. The van der Waals surface area contributed by atoms with Crippen molar-refractivity contribution in [2.75, 3.05) is 18.5 Å². The van der Waals surface area contributed by atoms with E-state index in [2.05, 4.69) is 5.32 Å². The highest BCUT2D eigenvalue weighted by molar-refractivity contribution is 5.96. The third kappa shape index (κ3) is 3.37. The molecule has 1 unspecified atom stereocenters. The van der Waals surface area contributed by atoms with E-state index < -0.39 is 12.2 Å². The molecule has 124 valence electrons. The summed E-state index contributed by atoms with van der Waals surface area (Å²) in [5.41, 5.74) is 1.91. The number of hydrogen-bond donors (Lipinski definition) is 2. The predicted molar refractivity (Wildman–Crippen MR) is 83.6 cm³/mol. The van der Waals surface area contributed by atoms with Crippen LogP contribution in [0.5, 0.6) is 0 Å². The standard InChI is InChI=1S/C17H21FN2O3/c18-13-8-14(10-21)20(9-13)16(22)6-5-12-7-11-3-1-2-4-15(11)19-17(12)23/h1-4,12-14,21H,5-10H2,(H,19,23)/t12?,13-,14-/m0/s1. The number of para-hydroxylation sites is 1. The van der Waals surface area contributed by atoms with Gasteiger partial charge in [-0.3, -0.25) is 9.59 Å². The molecule has 2 N–H and O–H groups in total. The molecular weight excluding hydrogens is 299 g/mol. The van der Waals surface area contributed by atoms with Crippen LogP contribution in [0.3, 0.4) is 0 Å². The van der Waals surface area contributed by atoms with Gasteiger partial charge in [0.25, 0.3) is 0 Å². The molecule has 0 spiro atoms. The molecule has 5 nitrogen and oxygen atoms in total. The number of anilines is 1. The molecule has 1 aromatic rings. The number of halogens is 1. The lowest BCUT2D eigenvalue weighted by Gasteiger charge is -2.26. The number of benzene rings is 1. The molecule has 2 aliphatic heterocycles. The Hall–Kier alpha value is -1.95. The second kappa shape index (κ2) is 6.66. The SMILES string of the molecule is O=C1Nc2ccccc2CC1CCC(=O)N1C[C@@H](F)C[C@H]1CO. The number of rotatable bonds is 4. The van der Waals surface area contributed by atoms with Crippen LogP contribution in [0.4, 0.5) is 10.1 Å². The first kappa shape index (κ1) is 15.9. The fraction of sp³-hybridized carbons (Fsp3) is 0.529. The lowest BCUT2D eigenvalue weighted by molar-refractivity contribution is -0.133. The number of carbonyl (C=O) groups excluding carboxylic acids is 2. The van der Waals surface area contributed by atoms with Crippen molar-refractivity contribution < 1.29 is 19.1 Å². The largest absolute Gasteiger partial charge is 0.394 e. The molecule has 3 rings (SSSR count). The summed E-state index contributed by atoms with van der Waals surface area (Å²) in [6.45, 7) is -0.173. The normalized spacial score (nSPS) is 26.8. The minimum Gasteiger partial charge on any atom is -0.394 e. The van der Waals surface area contributed by atoms with Crippen LogP contribution in [-0.2, 0) is 16.0 Å². The molecule has 0 aromatic heterocycles. The molecule has 2 heterocycles. The van der Waals surface area contributed by atoms with Gasteiger partial charge < -0.3 is 15.3 Å². The summed E-state index contributed by atoms with van der Waals surface area (Å²) in [6, 6.07) is 7.21. The first-order valence-electron chi connectivity index (χ1n) is 8.01. The Balaban J connectivity index is 1.58. The Morgan fingerprint density at radius 3 is 2.96 bits per heavy atom. The van der Waals surface area contributed by atoms with Crippen molar-refractivity contribution in [3.05, 3.63) is 29.8 Å². The number of alkyl halides is 1. The Morgan fingerprint density at radius 1 is 1.39 bits per heavy atom. The summed E-state index contributed by atoms with van der Waals surface area (Å²) in [5, 5.41) is 12.1. The number of fused-ring (bicyclic) bond motifs is 1. The molecule has 0 radical (unpaired) electrons. The number of amides is 2. The maximum Gasteiger partial charge on any atom is 0.227 e. The highest BCUT2D eigenvalue weighted by atomic mass is 19.1. The third-order valence-corrected chi connectivity index (χ3v) is 4.71. The minimum absolute atomic E-state index is 0.0454. The van der Waals surface area contributed by atoms with Crippen molar-refractivity contribution in [3.63, 3.8) is 0 Å². The quantitative estimate of drug-likeness (QED) is 0.883. The number of aliphatic hydroxyl groups excluding tert-OH is 1. The van der Waals surface area contributed by atoms with E-state index in [4.69, 9.17) is 0 Å². The van der Waals surface area contributed by atoms with E-state index in [1.807, 2.05) is 24.3 Å². The fourth-order valence-electron chi connectivity index (χ4n) is 3.43. The smallest absolute Gasteiger partial charge is 0.227 e. The molecule has 1 aromatic carbocycles. The van der Waals surface area contributed by atoms with Gasteiger partial charge in [-0.25, -0.2) is 4.39 Å². The van der Waals surface area contributed by atoms with Gasteiger partial charge in [0.1, 0.15) is 6.17 Å². The van der Waals surface area contributed by atoms with Crippen molar-refractivity contribution >= 4 is 17.5 Å². The van der Waals surface area contributed by atoms with Gasteiger partial charge in [-0.1, -0.05) is 18.2 Å². The maximum absolute atomic E-state index is 13.4. The Kier molecular flexibility index (Phi) is 4.61. The summed E-state index contributed by atoms with van der Waals surface area (Å²) < 4.78 is 13.4. The number of hydrogen-bond acceptors (Lipinski definition) is 3. The highest BCUT2D eigenvalue weighted by Crippen LogP contribution is 2.28. The van der Waals surface area contributed by atoms with Crippen LogP contribution in [-0.4, -0.2) is 47.2 Å². The zero-order valence-electron chi connectivity index (χ0n) is 12.9. The van der Waals surface area contributed by atoms with Crippen LogP contribution < -0.4 is 5.32 Å². The molecule has 3 atom stereocenters. The molecule has 23 heavy (non-hydrogen) atoms. The average Bonchev–Trinajstić information content (AvgIpc) is 2.93. The van der Waals surface area contributed by atoms with Gasteiger partial charge in [0.05, 0.1) is 19.2 Å². The summed E-state index contributed by atoms with van der Waals surface area (Å²) in [4.78, 5) is 25.8. The summed E-state index contributed by atoms with van der Waals surface area (Å²) in [5.74, 6) is -0.499. The second-order valence-electron chi connectivity index (χ2n) is 6.30. The summed E-state index contributed by atoms with van der Waals surface area (Å²) >= 11 is 0. The molecule has 0 aliphatic carbocycles. The monoisotopic (exact) mass is 320 g/mol. The van der Waals surface area contributed by atoms with Gasteiger partial charge in [0, 0.05) is 24.4 Å². The third-order valence-electron chi connectivity index (χ3n) is 4.71. The number of likely N-dealkylation sites (tertiary alicyclic amines) is 1. The molecule has 1 saturated heterocycles. The van der Waals surface area contributed by atoms with Gasteiger partial charge in [-0.15, -0.1) is 0 Å². The molecule has 0 saturated carbocycles. The number of carbonyl (C=O) groups is 2. The lowest BCUT2D eigenvalue weighted by Crippen LogP contribution is -2.38. The van der Waals surface area contributed by atoms with Crippen LogP contribution in [0.15, 0.2) is 24.3 Å². The van der Waals surface area contributed by atoms with Crippen LogP contribution >= 0.6 is 0 Å². The zero-order chi connectivity index (χ0) is 16.4. The van der Waals surface area contributed by atoms with Crippen molar-refractivity contribution in [2.45, 2.75) is 37.9 Å². The number of nitrogens with zero attached hydrogens (tertiary/aromatic N) is 1. The van der Waals surface area contributed by atoms with E-state index in [1.54, 1.807) is 0 Å². The van der Waals surface area contributed by atoms with Gasteiger partial charge >= 0.3 is 0 Å². The van der Waals surface area contributed by atoms with Crippen LogP contribution in [0.2, 0.25) is 0 Å². The highest BCUT2D eigenvalue weighted by Gasteiger charge is 2.35. The number of aliphatic hydroxyl groups is 1. The van der Waals surface area contributed by atoms with Gasteiger partial charge in [-0.05, 0) is 24.5 Å². The average molecular weight is 320 g/mol. The summed E-state index contributed by atoms with van der Waals surface area (Å²) in [6.07, 6.45) is 0.374. The van der Waals surface area contributed by atoms with Crippen molar-refractivity contribution in [3.8, 4) is 0 Å². The molecule has 0 bridgehead atoms. The van der Waals surface area contributed by atoms with E-state index in [0.29, 0.717) is 12.8 Å². The van der Waals surface area contributed by atoms with E-state index in [0.717, 1.165) is 11.3 Å². The van der Waals surface area contributed by atoms with Crippen molar-refractivity contribution in [2.24, 2.45) is 5.92 Å². The summed E-state index contributed by atoms with van der Waals surface area (Å²) in [7, 11) is 0.